The van der Waals surface area contributed by atoms with E-state index in [1.165, 1.54) is 0 Å². The molecule has 2 rings (SSSR count). The van der Waals surface area contributed by atoms with Gasteiger partial charge >= 0.3 is 0 Å². The van der Waals surface area contributed by atoms with Gasteiger partial charge in [0.05, 0.1) is 25.3 Å². The Kier molecular flexibility index (Phi) is 7.96. The van der Waals surface area contributed by atoms with Crippen LogP contribution in [-0.4, -0.2) is 20.0 Å². The standard InChI is InChI=1S/C21H21ClO3/c1-24-21-14-17(10-11-20(21)22)8-5-9-18(15-23)12-13-25-16-19-6-3-2-4-7-19/h2-11,14-15H,12-13,16H2,1H3/b8-5+,18-9+. The minimum absolute atomic E-state index is 0.502. The molecule has 0 saturated carbocycles. The van der Waals surface area contributed by atoms with Crippen molar-refractivity contribution in [1.82, 2.24) is 0 Å². The fourth-order valence-electron chi connectivity index (χ4n) is 2.20. The van der Waals surface area contributed by atoms with E-state index in [9.17, 15) is 4.79 Å². The molecule has 130 valence electrons. The van der Waals surface area contributed by atoms with Crippen LogP contribution < -0.4 is 4.74 Å². The van der Waals surface area contributed by atoms with Gasteiger partial charge in [-0.25, -0.2) is 0 Å². The Hall–Kier alpha value is -2.36. The van der Waals surface area contributed by atoms with Crippen LogP contribution in [0.25, 0.3) is 6.08 Å². The lowest BCUT2D eigenvalue weighted by Crippen LogP contribution is -1.97. The third-order valence-corrected chi connectivity index (χ3v) is 3.88. The van der Waals surface area contributed by atoms with Crippen LogP contribution in [0.5, 0.6) is 5.75 Å². The molecule has 0 amide bonds. The van der Waals surface area contributed by atoms with Crippen LogP contribution in [0.1, 0.15) is 17.5 Å². The van der Waals surface area contributed by atoms with Crippen LogP contribution in [0.15, 0.2) is 66.3 Å². The van der Waals surface area contributed by atoms with E-state index < -0.39 is 0 Å². The second-order valence-electron chi connectivity index (χ2n) is 5.40. The molecule has 0 aromatic heterocycles. The Morgan fingerprint density at radius 2 is 1.96 bits per heavy atom. The molecule has 0 unspecified atom stereocenters. The van der Waals surface area contributed by atoms with Gasteiger partial charge in [0.2, 0.25) is 0 Å². The topological polar surface area (TPSA) is 35.5 Å². The first-order valence-electron chi connectivity index (χ1n) is 8.00. The maximum Gasteiger partial charge on any atom is 0.146 e. The van der Waals surface area contributed by atoms with Gasteiger partial charge in [-0.3, -0.25) is 4.79 Å². The summed E-state index contributed by atoms with van der Waals surface area (Å²) in [6, 6.07) is 15.5. The molecule has 0 saturated heterocycles. The Morgan fingerprint density at radius 3 is 2.68 bits per heavy atom. The number of carbonyl (C=O) groups excluding carboxylic acids is 1. The number of carbonyl (C=O) groups is 1. The van der Waals surface area contributed by atoms with E-state index in [2.05, 4.69) is 0 Å². The molecular weight excluding hydrogens is 336 g/mol. The van der Waals surface area contributed by atoms with Crippen LogP contribution in [0.3, 0.4) is 0 Å². The summed E-state index contributed by atoms with van der Waals surface area (Å²) >= 11 is 6.00. The first-order chi connectivity index (χ1) is 12.2. The van der Waals surface area contributed by atoms with Crippen LogP contribution >= 0.6 is 11.6 Å². The molecule has 2 aromatic rings. The number of ether oxygens (including phenoxy) is 2. The van der Waals surface area contributed by atoms with Gasteiger partial charge in [-0.15, -0.1) is 0 Å². The number of allylic oxidation sites excluding steroid dienone is 2. The highest BCUT2D eigenvalue weighted by molar-refractivity contribution is 6.32. The van der Waals surface area contributed by atoms with Crippen LogP contribution in [0.4, 0.5) is 0 Å². The van der Waals surface area contributed by atoms with E-state index in [-0.39, 0.29) is 0 Å². The lowest BCUT2D eigenvalue weighted by atomic mass is 10.1. The third-order valence-electron chi connectivity index (χ3n) is 3.57. The van der Waals surface area contributed by atoms with Crippen molar-refractivity contribution >= 4 is 24.0 Å². The molecule has 0 fully saturated rings. The molecule has 25 heavy (non-hydrogen) atoms. The van der Waals surface area contributed by atoms with Crippen molar-refractivity contribution in [3.8, 4) is 5.75 Å². The predicted molar refractivity (Wildman–Crippen MR) is 102 cm³/mol. The van der Waals surface area contributed by atoms with Crippen molar-refractivity contribution in [2.75, 3.05) is 13.7 Å². The molecule has 0 aliphatic carbocycles. The molecular formula is C21H21ClO3. The largest absolute Gasteiger partial charge is 0.495 e. The zero-order valence-electron chi connectivity index (χ0n) is 14.2. The summed E-state index contributed by atoms with van der Waals surface area (Å²) < 4.78 is 10.8. The maximum absolute atomic E-state index is 11.2. The van der Waals surface area contributed by atoms with Crippen LogP contribution in [0.2, 0.25) is 5.02 Å². The Bertz CT molecular complexity index is 736. The average molecular weight is 357 g/mol. The molecule has 0 radical (unpaired) electrons. The minimum Gasteiger partial charge on any atom is -0.495 e. The maximum atomic E-state index is 11.2. The van der Waals surface area contributed by atoms with Gasteiger partial charge in [0.15, 0.2) is 0 Å². The summed E-state index contributed by atoms with van der Waals surface area (Å²) in [5.41, 5.74) is 2.75. The Balaban J connectivity index is 1.84. The normalized spacial score (nSPS) is 11.7. The van der Waals surface area contributed by atoms with Gasteiger partial charge < -0.3 is 9.47 Å². The zero-order valence-corrected chi connectivity index (χ0v) is 14.9. The van der Waals surface area contributed by atoms with Crippen LogP contribution in [-0.2, 0) is 16.1 Å². The highest BCUT2D eigenvalue weighted by Crippen LogP contribution is 2.25. The molecule has 4 heteroatoms. The first-order valence-corrected chi connectivity index (χ1v) is 8.38. The second kappa shape index (κ2) is 10.5. The molecule has 3 nitrogen and oxygen atoms in total. The number of rotatable bonds is 9. The summed E-state index contributed by atoms with van der Waals surface area (Å²) in [6.07, 6.45) is 6.96. The van der Waals surface area contributed by atoms with Crippen molar-refractivity contribution in [3.63, 3.8) is 0 Å². The zero-order chi connectivity index (χ0) is 17.9. The number of methoxy groups -OCH3 is 1. The molecule has 0 N–H and O–H groups in total. The molecule has 0 atom stereocenters. The van der Waals surface area contributed by atoms with Gasteiger partial charge in [0.25, 0.3) is 0 Å². The van der Waals surface area contributed by atoms with Crippen molar-refractivity contribution in [3.05, 3.63) is 82.4 Å². The van der Waals surface area contributed by atoms with Crippen LogP contribution in [0, 0.1) is 0 Å². The molecule has 0 bridgehead atoms. The van der Waals surface area contributed by atoms with Crippen molar-refractivity contribution in [1.29, 1.82) is 0 Å². The summed E-state index contributed by atoms with van der Waals surface area (Å²) in [4.78, 5) is 11.2. The van der Waals surface area contributed by atoms with E-state index in [4.69, 9.17) is 21.1 Å². The average Bonchev–Trinajstić information content (AvgIpc) is 2.65. The molecule has 0 heterocycles. The van der Waals surface area contributed by atoms with Gasteiger partial charge in [0.1, 0.15) is 12.0 Å². The van der Waals surface area contributed by atoms with Crippen molar-refractivity contribution in [2.24, 2.45) is 0 Å². The van der Waals surface area contributed by atoms with Gasteiger partial charge in [-0.05, 0) is 35.3 Å². The van der Waals surface area contributed by atoms with E-state index in [0.717, 1.165) is 17.4 Å². The summed E-state index contributed by atoms with van der Waals surface area (Å²) in [7, 11) is 1.58. The highest BCUT2D eigenvalue weighted by Gasteiger charge is 2.00. The van der Waals surface area contributed by atoms with E-state index in [0.29, 0.717) is 36.0 Å². The predicted octanol–water partition coefficient (Wildman–Crippen LogP) is 5.09. The van der Waals surface area contributed by atoms with E-state index in [1.807, 2.05) is 54.6 Å². The third kappa shape index (κ3) is 6.57. The minimum atomic E-state index is 0.502. The van der Waals surface area contributed by atoms with Crippen molar-refractivity contribution < 1.29 is 14.3 Å². The lowest BCUT2D eigenvalue weighted by Gasteiger charge is -2.04. The number of benzene rings is 2. The van der Waals surface area contributed by atoms with Gasteiger partial charge in [-0.1, -0.05) is 66.2 Å². The number of aldehydes is 1. The molecule has 2 aromatic carbocycles. The Labute approximate surface area is 153 Å². The monoisotopic (exact) mass is 356 g/mol. The second-order valence-corrected chi connectivity index (χ2v) is 5.81. The highest BCUT2D eigenvalue weighted by atomic mass is 35.5. The summed E-state index contributed by atoms with van der Waals surface area (Å²) in [5.74, 6) is 0.623. The summed E-state index contributed by atoms with van der Waals surface area (Å²) in [6.45, 7) is 1.05. The molecule has 0 spiro atoms. The Morgan fingerprint density at radius 1 is 1.16 bits per heavy atom. The number of halogens is 1. The molecule has 0 aliphatic rings. The summed E-state index contributed by atoms with van der Waals surface area (Å²) in [5, 5.41) is 0.569. The lowest BCUT2D eigenvalue weighted by molar-refractivity contribution is -0.105. The van der Waals surface area contributed by atoms with Gasteiger partial charge in [0, 0.05) is 0 Å². The smallest absolute Gasteiger partial charge is 0.146 e. The number of hydrogen-bond donors (Lipinski definition) is 0. The number of hydrogen-bond acceptors (Lipinski definition) is 3. The van der Waals surface area contributed by atoms with Gasteiger partial charge in [-0.2, -0.15) is 0 Å². The quantitative estimate of drug-likeness (QED) is 0.271. The first kappa shape index (κ1) is 19.0. The van der Waals surface area contributed by atoms with Crippen molar-refractivity contribution in [2.45, 2.75) is 13.0 Å². The fourth-order valence-corrected chi connectivity index (χ4v) is 2.39. The fraction of sp³-hybridized carbons (Fsp3) is 0.190. The molecule has 0 aliphatic heterocycles. The SMILES string of the molecule is COc1cc(/C=C/C=C(/C=O)CCOCc2ccccc2)ccc1Cl. The van der Waals surface area contributed by atoms with E-state index >= 15 is 0 Å². The van der Waals surface area contributed by atoms with E-state index in [1.54, 1.807) is 19.3 Å².